The summed E-state index contributed by atoms with van der Waals surface area (Å²) in [6, 6.07) is 3.61. The molecule has 0 aliphatic heterocycles. The van der Waals surface area contributed by atoms with Crippen molar-refractivity contribution in [2.24, 2.45) is 5.64 Å². The minimum absolute atomic E-state index is 0.265. The number of nitrogens with two attached hydrogens (primary N) is 1. The number of ether oxygens (including phenoxy) is 1. The van der Waals surface area contributed by atoms with Crippen LogP contribution in [0, 0.1) is 0 Å². The van der Waals surface area contributed by atoms with Crippen molar-refractivity contribution in [2.45, 2.75) is 26.4 Å². The second-order valence-corrected chi connectivity index (χ2v) is 4.28. The fraction of sp³-hybridized carbons (Fsp3) is 0.500. The summed E-state index contributed by atoms with van der Waals surface area (Å²) in [4.78, 5) is 4.07. The first-order valence-corrected chi connectivity index (χ1v) is 4.86. The Balaban J connectivity index is 2.70. The van der Waals surface area contributed by atoms with E-state index in [0.29, 0.717) is 5.88 Å². The summed E-state index contributed by atoms with van der Waals surface area (Å²) < 4.78 is 10.6. The van der Waals surface area contributed by atoms with E-state index in [1.807, 2.05) is 26.8 Å². The average molecular weight is 208 g/mol. The van der Waals surface area contributed by atoms with Gasteiger partial charge in [0.1, 0.15) is 0 Å². The van der Waals surface area contributed by atoms with Crippen molar-refractivity contribution in [3.8, 4) is 5.88 Å². The molecule has 0 fully saturated rings. The van der Waals surface area contributed by atoms with Crippen LogP contribution in [0.1, 0.15) is 20.8 Å². The van der Waals surface area contributed by atoms with Crippen molar-refractivity contribution in [1.82, 2.24) is 4.98 Å². The van der Waals surface area contributed by atoms with E-state index in [-0.39, 0.29) is 5.60 Å². The van der Waals surface area contributed by atoms with E-state index in [2.05, 4.69) is 4.98 Å². The molecule has 0 aliphatic carbocycles. The van der Waals surface area contributed by atoms with Crippen molar-refractivity contribution in [2.75, 3.05) is 7.11 Å². The molecule has 1 heterocycles. The normalized spacial score (nSPS) is 11.3. The van der Waals surface area contributed by atoms with Crippen molar-refractivity contribution >= 4 is 12.5 Å². The second kappa shape index (κ2) is 4.64. The Bertz CT molecular complexity index is 308. The zero-order valence-corrected chi connectivity index (χ0v) is 9.65. The van der Waals surface area contributed by atoms with Crippen LogP contribution in [-0.4, -0.2) is 24.7 Å². The van der Waals surface area contributed by atoms with Crippen LogP contribution in [0.25, 0.3) is 0 Å². The van der Waals surface area contributed by atoms with E-state index >= 15 is 0 Å². The van der Waals surface area contributed by atoms with Crippen molar-refractivity contribution in [3.63, 3.8) is 0 Å². The van der Waals surface area contributed by atoms with Crippen molar-refractivity contribution in [3.05, 3.63) is 18.3 Å². The molecule has 1 aromatic heterocycles. The summed E-state index contributed by atoms with van der Waals surface area (Å²) >= 11 is 0. The van der Waals surface area contributed by atoms with Gasteiger partial charge >= 0.3 is 7.05 Å². The van der Waals surface area contributed by atoms with E-state index in [9.17, 15) is 0 Å². The molecular formula is C10H17BN2O2. The van der Waals surface area contributed by atoms with Crippen LogP contribution in [0.15, 0.2) is 18.3 Å². The highest BCUT2D eigenvalue weighted by Crippen LogP contribution is 2.07. The van der Waals surface area contributed by atoms with Crippen LogP contribution < -0.4 is 15.8 Å². The molecule has 1 aromatic rings. The SMILES string of the molecule is COc1ccc(B(N)OC(C)(C)C)cn1. The van der Waals surface area contributed by atoms with Gasteiger partial charge in [0.25, 0.3) is 0 Å². The Kier molecular flexibility index (Phi) is 3.71. The predicted octanol–water partition coefficient (Wildman–Crippen LogP) is 0.559. The minimum atomic E-state index is -0.455. The zero-order chi connectivity index (χ0) is 11.5. The first-order chi connectivity index (χ1) is 6.92. The molecule has 0 atom stereocenters. The standard InChI is InChI=1S/C10H17BN2O2/c1-10(2,3)15-11(12)8-5-6-9(14-4)13-7-8/h5-7H,12H2,1-4H3. The van der Waals surface area contributed by atoms with Crippen LogP contribution in [0.4, 0.5) is 0 Å². The van der Waals surface area contributed by atoms with Gasteiger partial charge in [-0.15, -0.1) is 0 Å². The molecule has 0 radical (unpaired) electrons. The lowest BCUT2D eigenvalue weighted by Gasteiger charge is -2.23. The lowest BCUT2D eigenvalue weighted by molar-refractivity contribution is 0.132. The molecular weight excluding hydrogens is 191 g/mol. The molecule has 0 spiro atoms. The summed E-state index contributed by atoms with van der Waals surface area (Å²) in [5.74, 6) is 0.571. The molecule has 82 valence electrons. The maximum absolute atomic E-state index is 5.87. The van der Waals surface area contributed by atoms with Crippen molar-refractivity contribution in [1.29, 1.82) is 0 Å². The summed E-state index contributed by atoms with van der Waals surface area (Å²) in [6.07, 6.45) is 1.66. The smallest absolute Gasteiger partial charge is 0.415 e. The van der Waals surface area contributed by atoms with E-state index in [0.717, 1.165) is 5.46 Å². The van der Waals surface area contributed by atoms with Gasteiger partial charge in [-0.3, -0.25) is 0 Å². The highest BCUT2D eigenvalue weighted by Gasteiger charge is 2.21. The van der Waals surface area contributed by atoms with Gasteiger partial charge in [0.2, 0.25) is 5.88 Å². The summed E-state index contributed by atoms with van der Waals surface area (Å²) in [7, 11) is 1.12. The van der Waals surface area contributed by atoms with Crippen LogP contribution in [-0.2, 0) is 4.65 Å². The highest BCUT2D eigenvalue weighted by atomic mass is 16.5. The monoisotopic (exact) mass is 208 g/mol. The lowest BCUT2D eigenvalue weighted by Crippen LogP contribution is -2.47. The first-order valence-electron chi connectivity index (χ1n) is 4.86. The number of aromatic nitrogens is 1. The van der Waals surface area contributed by atoms with Gasteiger partial charge in [0, 0.05) is 11.8 Å². The largest absolute Gasteiger partial charge is 0.481 e. The Morgan fingerprint density at radius 2 is 2.00 bits per heavy atom. The van der Waals surface area contributed by atoms with Gasteiger partial charge in [-0.2, -0.15) is 0 Å². The van der Waals surface area contributed by atoms with Gasteiger partial charge < -0.3 is 15.0 Å². The molecule has 1 rings (SSSR count). The van der Waals surface area contributed by atoms with Gasteiger partial charge in [-0.25, -0.2) is 4.98 Å². The maximum atomic E-state index is 5.87. The van der Waals surface area contributed by atoms with E-state index in [4.69, 9.17) is 15.0 Å². The molecule has 0 saturated heterocycles. The van der Waals surface area contributed by atoms with E-state index < -0.39 is 7.05 Å². The van der Waals surface area contributed by atoms with Crippen LogP contribution >= 0.6 is 0 Å². The average Bonchev–Trinajstić information content (AvgIpc) is 2.15. The summed E-state index contributed by atoms with van der Waals surface area (Å²) in [5.41, 5.74) is 6.44. The minimum Gasteiger partial charge on any atom is -0.481 e. The number of hydrogen-bond donors (Lipinski definition) is 1. The number of nitrogens with zero attached hydrogens (tertiary/aromatic N) is 1. The Labute approximate surface area is 90.9 Å². The third kappa shape index (κ3) is 3.89. The zero-order valence-electron chi connectivity index (χ0n) is 9.65. The van der Waals surface area contributed by atoms with Crippen LogP contribution in [0.5, 0.6) is 5.88 Å². The lowest BCUT2D eigenvalue weighted by atomic mass is 9.75. The van der Waals surface area contributed by atoms with Gasteiger partial charge in [-0.05, 0) is 32.3 Å². The Hall–Kier alpha value is -1.07. The van der Waals surface area contributed by atoms with Crippen LogP contribution in [0.3, 0.4) is 0 Å². The second-order valence-electron chi connectivity index (χ2n) is 4.28. The number of rotatable bonds is 3. The highest BCUT2D eigenvalue weighted by molar-refractivity contribution is 6.64. The van der Waals surface area contributed by atoms with E-state index in [1.54, 1.807) is 19.4 Å². The Morgan fingerprint density at radius 3 is 2.40 bits per heavy atom. The molecule has 0 aliphatic rings. The predicted molar refractivity (Wildman–Crippen MR) is 61.2 cm³/mol. The summed E-state index contributed by atoms with van der Waals surface area (Å²) in [5, 5.41) is 0. The third-order valence-corrected chi connectivity index (χ3v) is 1.78. The first kappa shape index (κ1) is 12.0. The molecule has 4 nitrogen and oxygen atoms in total. The molecule has 0 amide bonds. The molecule has 0 bridgehead atoms. The maximum Gasteiger partial charge on any atom is 0.415 e. The van der Waals surface area contributed by atoms with Gasteiger partial charge in [0.15, 0.2) is 0 Å². The molecule has 15 heavy (non-hydrogen) atoms. The quantitative estimate of drug-likeness (QED) is 0.737. The fourth-order valence-corrected chi connectivity index (χ4v) is 1.13. The van der Waals surface area contributed by atoms with Crippen LogP contribution in [0.2, 0.25) is 0 Å². The molecule has 0 unspecified atom stereocenters. The molecule has 0 aromatic carbocycles. The van der Waals surface area contributed by atoms with Gasteiger partial charge in [0.05, 0.1) is 7.11 Å². The van der Waals surface area contributed by atoms with Gasteiger partial charge in [-0.1, -0.05) is 6.07 Å². The Morgan fingerprint density at radius 1 is 1.33 bits per heavy atom. The molecule has 2 N–H and O–H groups in total. The topological polar surface area (TPSA) is 57.4 Å². The number of methoxy groups -OCH3 is 1. The molecule has 0 saturated carbocycles. The fourth-order valence-electron chi connectivity index (χ4n) is 1.13. The number of hydrogen-bond acceptors (Lipinski definition) is 4. The third-order valence-electron chi connectivity index (χ3n) is 1.78. The van der Waals surface area contributed by atoms with E-state index in [1.165, 1.54) is 0 Å². The van der Waals surface area contributed by atoms with Crippen molar-refractivity contribution < 1.29 is 9.39 Å². The number of pyridine rings is 1. The molecule has 5 heteroatoms. The summed E-state index contributed by atoms with van der Waals surface area (Å²) in [6.45, 7) is 5.89.